The van der Waals surface area contributed by atoms with E-state index in [1.165, 1.54) is 11.1 Å². The van der Waals surface area contributed by atoms with Crippen molar-refractivity contribution in [1.82, 2.24) is 0 Å². The first-order chi connectivity index (χ1) is 8.66. The van der Waals surface area contributed by atoms with Crippen molar-refractivity contribution < 1.29 is 5.11 Å². The number of phenols is 1. The zero-order chi connectivity index (χ0) is 13.0. The molecule has 94 valence electrons. The van der Waals surface area contributed by atoms with Gasteiger partial charge >= 0.3 is 0 Å². The van der Waals surface area contributed by atoms with E-state index in [-0.39, 0.29) is 0 Å². The lowest BCUT2D eigenvalue weighted by Gasteiger charge is -2.20. The fraction of sp³-hybridized carbons (Fsp3) is 0.294. The van der Waals surface area contributed by atoms with Crippen molar-refractivity contribution in [2.24, 2.45) is 5.92 Å². The summed E-state index contributed by atoms with van der Waals surface area (Å²) >= 11 is 0. The van der Waals surface area contributed by atoms with Gasteiger partial charge < -0.3 is 5.11 Å². The highest BCUT2D eigenvalue weighted by Crippen LogP contribution is 2.31. The van der Waals surface area contributed by atoms with Gasteiger partial charge in [-0.25, -0.2) is 0 Å². The molecule has 2 aromatic carbocycles. The van der Waals surface area contributed by atoms with Gasteiger partial charge in [-0.3, -0.25) is 0 Å². The number of rotatable bonds is 4. The quantitative estimate of drug-likeness (QED) is 0.830. The molecule has 0 aliphatic carbocycles. The van der Waals surface area contributed by atoms with E-state index < -0.39 is 0 Å². The van der Waals surface area contributed by atoms with E-state index in [9.17, 15) is 5.11 Å². The summed E-state index contributed by atoms with van der Waals surface area (Å²) in [5.41, 5.74) is 2.62. The van der Waals surface area contributed by atoms with Crippen LogP contribution >= 0.6 is 0 Å². The number of hydrogen-bond acceptors (Lipinski definition) is 1. The maximum absolute atomic E-state index is 9.39. The van der Waals surface area contributed by atoms with Crippen LogP contribution in [-0.4, -0.2) is 5.11 Å². The van der Waals surface area contributed by atoms with Crippen molar-refractivity contribution in [3.8, 4) is 5.75 Å². The molecule has 0 spiro atoms. The van der Waals surface area contributed by atoms with E-state index in [1.54, 1.807) is 12.1 Å². The Morgan fingerprint density at radius 1 is 0.833 bits per heavy atom. The third kappa shape index (κ3) is 3.13. The van der Waals surface area contributed by atoms with Crippen LogP contribution in [0.15, 0.2) is 54.6 Å². The lowest BCUT2D eigenvalue weighted by molar-refractivity contribution is 0.474. The topological polar surface area (TPSA) is 20.2 Å². The number of benzene rings is 2. The first kappa shape index (κ1) is 12.7. The second-order valence-corrected chi connectivity index (χ2v) is 5.18. The molecular weight excluding hydrogens is 220 g/mol. The van der Waals surface area contributed by atoms with Gasteiger partial charge in [0.2, 0.25) is 0 Å². The molecule has 2 aromatic rings. The highest BCUT2D eigenvalue weighted by molar-refractivity contribution is 5.35. The Bertz CT molecular complexity index is 471. The molecule has 1 heteroatoms. The minimum absolute atomic E-state index is 0.329. The maximum atomic E-state index is 9.39. The van der Waals surface area contributed by atoms with Crippen LogP contribution in [0.5, 0.6) is 5.75 Å². The minimum atomic E-state index is 0.329. The normalized spacial score (nSPS) is 12.6. The molecule has 0 aromatic heterocycles. The zero-order valence-electron chi connectivity index (χ0n) is 11.0. The van der Waals surface area contributed by atoms with Gasteiger partial charge in [0, 0.05) is 5.92 Å². The second kappa shape index (κ2) is 5.72. The van der Waals surface area contributed by atoms with Gasteiger partial charge in [0.15, 0.2) is 0 Å². The smallest absolute Gasteiger partial charge is 0.115 e. The van der Waals surface area contributed by atoms with E-state index in [2.05, 4.69) is 38.1 Å². The standard InChI is InChI=1S/C17H20O/c1-13(2)12-17(14-6-4-3-5-7-14)15-8-10-16(18)11-9-15/h3-11,13,17-18H,12H2,1-2H3. The van der Waals surface area contributed by atoms with Crippen molar-refractivity contribution in [2.75, 3.05) is 0 Å². The number of hydrogen-bond donors (Lipinski definition) is 1. The van der Waals surface area contributed by atoms with E-state index in [4.69, 9.17) is 0 Å². The van der Waals surface area contributed by atoms with Gasteiger partial charge in [-0.2, -0.15) is 0 Å². The summed E-state index contributed by atoms with van der Waals surface area (Å²) in [4.78, 5) is 0. The van der Waals surface area contributed by atoms with Crippen LogP contribution in [0, 0.1) is 5.92 Å². The molecular formula is C17H20O. The summed E-state index contributed by atoms with van der Waals surface area (Å²) in [6.45, 7) is 4.49. The van der Waals surface area contributed by atoms with Gasteiger partial charge in [0.1, 0.15) is 5.75 Å². The van der Waals surface area contributed by atoms with Crippen molar-refractivity contribution in [3.63, 3.8) is 0 Å². The summed E-state index contributed by atoms with van der Waals surface area (Å²) in [5, 5.41) is 9.39. The Balaban J connectivity index is 2.33. The third-order valence-corrected chi connectivity index (χ3v) is 3.20. The minimum Gasteiger partial charge on any atom is -0.508 e. The van der Waals surface area contributed by atoms with E-state index in [1.807, 2.05) is 18.2 Å². The molecule has 1 N–H and O–H groups in total. The van der Waals surface area contributed by atoms with Crippen LogP contribution < -0.4 is 0 Å². The molecule has 0 amide bonds. The van der Waals surface area contributed by atoms with Crippen LogP contribution in [0.1, 0.15) is 37.3 Å². The van der Waals surface area contributed by atoms with Gasteiger partial charge in [0.05, 0.1) is 0 Å². The largest absolute Gasteiger partial charge is 0.508 e. The summed E-state index contributed by atoms with van der Waals surface area (Å²) in [6.07, 6.45) is 1.12. The number of aromatic hydroxyl groups is 1. The molecule has 18 heavy (non-hydrogen) atoms. The maximum Gasteiger partial charge on any atom is 0.115 e. The molecule has 0 radical (unpaired) electrons. The first-order valence-electron chi connectivity index (χ1n) is 6.50. The van der Waals surface area contributed by atoms with Crippen molar-refractivity contribution >= 4 is 0 Å². The lowest BCUT2D eigenvalue weighted by Crippen LogP contribution is -2.04. The fourth-order valence-electron chi connectivity index (χ4n) is 2.33. The van der Waals surface area contributed by atoms with E-state index in [0.717, 1.165) is 6.42 Å². The van der Waals surface area contributed by atoms with E-state index >= 15 is 0 Å². The van der Waals surface area contributed by atoms with Crippen LogP contribution in [-0.2, 0) is 0 Å². The van der Waals surface area contributed by atoms with Crippen LogP contribution in [0.3, 0.4) is 0 Å². The Hall–Kier alpha value is -1.76. The highest BCUT2D eigenvalue weighted by Gasteiger charge is 2.15. The van der Waals surface area contributed by atoms with E-state index in [0.29, 0.717) is 17.6 Å². The monoisotopic (exact) mass is 240 g/mol. The van der Waals surface area contributed by atoms with Crippen molar-refractivity contribution in [1.29, 1.82) is 0 Å². The Morgan fingerprint density at radius 2 is 1.39 bits per heavy atom. The lowest BCUT2D eigenvalue weighted by atomic mass is 9.85. The molecule has 0 aliphatic heterocycles. The van der Waals surface area contributed by atoms with Gasteiger partial charge in [-0.15, -0.1) is 0 Å². The summed E-state index contributed by atoms with van der Waals surface area (Å²) in [5.74, 6) is 1.38. The Morgan fingerprint density at radius 3 is 1.94 bits per heavy atom. The fourth-order valence-corrected chi connectivity index (χ4v) is 2.33. The average Bonchev–Trinajstić information content (AvgIpc) is 2.38. The van der Waals surface area contributed by atoms with Crippen LogP contribution in [0.2, 0.25) is 0 Å². The first-order valence-corrected chi connectivity index (χ1v) is 6.50. The Kier molecular flexibility index (Phi) is 4.03. The molecule has 0 saturated carbocycles. The van der Waals surface area contributed by atoms with Gasteiger partial charge in [-0.05, 0) is 35.6 Å². The SMILES string of the molecule is CC(C)CC(c1ccccc1)c1ccc(O)cc1. The van der Waals surface area contributed by atoms with Crippen LogP contribution in [0.25, 0.3) is 0 Å². The molecule has 0 heterocycles. The summed E-state index contributed by atoms with van der Waals surface area (Å²) in [6, 6.07) is 18.2. The Labute approximate surface area is 109 Å². The predicted molar refractivity (Wildman–Crippen MR) is 75.8 cm³/mol. The molecule has 0 aliphatic rings. The molecule has 2 rings (SSSR count). The average molecular weight is 240 g/mol. The summed E-state index contributed by atoms with van der Waals surface area (Å²) < 4.78 is 0. The molecule has 1 nitrogen and oxygen atoms in total. The van der Waals surface area contributed by atoms with Crippen LogP contribution in [0.4, 0.5) is 0 Å². The molecule has 0 bridgehead atoms. The summed E-state index contributed by atoms with van der Waals surface area (Å²) in [7, 11) is 0. The van der Waals surface area contributed by atoms with Gasteiger partial charge in [0.25, 0.3) is 0 Å². The van der Waals surface area contributed by atoms with Crippen molar-refractivity contribution in [3.05, 3.63) is 65.7 Å². The highest BCUT2D eigenvalue weighted by atomic mass is 16.3. The molecule has 1 atom stereocenters. The molecule has 0 fully saturated rings. The van der Waals surface area contributed by atoms with Gasteiger partial charge in [-0.1, -0.05) is 56.3 Å². The van der Waals surface area contributed by atoms with Crippen molar-refractivity contribution in [2.45, 2.75) is 26.2 Å². The predicted octanol–water partition coefficient (Wildman–Crippen LogP) is 4.57. The second-order valence-electron chi connectivity index (χ2n) is 5.18. The molecule has 0 saturated heterocycles. The molecule has 1 unspecified atom stereocenters. The zero-order valence-corrected chi connectivity index (χ0v) is 11.0. The number of phenolic OH excluding ortho intramolecular Hbond substituents is 1. The third-order valence-electron chi connectivity index (χ3n) is 3.20.